The van der Waals surface area contributed by atoms with Gasteiger partial charge in [-0.2, -0.15) is 0 Å². The van der Waals surface area contributed by atoms with Crippen LogP contribution in [0.25, 0.3) is 10.4 Å². The second-order valence-electron chi connectivity index (χ2n) is 6.74. The maximum Gasteiger partial charge on any atom is 0.410 e. The number of azide groups is 1. The van der Waals surface area contributed by atoms with E-state index >= 15 is 0 Å². The lowest BCUT2D eigenvalue weighted by Gasteiger charge is -2.27. The van der Waals surface area contributed by atoms with Crippen LogP contribution in [-0.2, 0) is 14.3 Å². The van der Waals surface area contributed by atoms with Crippen LogP contribution >= 0.6 is 0 Å². The monoisotopic (exact) mass is 356 g/mol. The predicted octanol–water partition coefficient (Wildman–Crippen LogP) is 4.44. The van der Waals surface area contributed by atoms with E-state index in [9.17, 15) is 9.59 Å². The number of esters is 1. The lowest BCUT2D eigenvalue weighted by Crippen LogP contribution is -2.38. The summed E-state index contributed by atoms with van der Waals surface area (Å²) in [5.41, 5.74) is 7.81. The summed E-state index contributed by atoms with van der Waals surface area (Å²) in [5.74, 6) is -0.142. The van der Waals surface area contributed by atoms with Crippen molar-refractivity contribution >= 4 is 12.1 Å². The maximum atomic E-state index is 12.2. The number of carbonyl (C=O) groups excluding carboxylic acids is 2. The quantitative estimate of drug-likeness (QED) is 0.169. The zero-order chi connectivity index (χ0) is 19.1. The summed E-state index contributed by atoms with van der Waals surface area (Å²) in [5, 5.41) is 3.48. The van der Waals surface area contributed by atoms with Crippen LogP contribution < -0.4 is 0 Å². The number of amides is 1. The van der Waals surface area contributed by atoms with Crippen molar-refractivity contribution < 1.29 is 19.1 Å². The van der Waals surface area contributed by atoms with Gasteiger partial charge in [0.05, 0.1) is 6.61 Å². The molecule has 0 heterocycles. The third-order valence-electron chi connectivity index (χ3n) is 3.30. The van der Waals surface area contributed by atoms with Gasteiger partial charge in [0.2, 0.25) is 0 Å². The van der Waals surface area contributed by atoms with Crippen molar-refractivity contribution in [1.82, 2.24) is 4.90 Å². The van der Waals surface area contributed by atoms with Gasteiger partial charge in [-0.3, -0.25) is 4.79 Å². The minimum Gasteiger partial charge on any atom is -0.466 e. The Kier molecular flexibility index (Phi) is 12.3. The van der Waals surface area contributed by atoms with Crippen LogP contribution in [0, 0.1) is 0 Å². The molecule has 0 saturated heterocycles. The second-order valence-corrected chi connectivity index (χ2v) is 6.74. The third kappa shape index (κ3) is 14.1. The third-order valence-corrected chi connectivity index (χ3v) is 3.30. The Labute approximate surface area is 150 Å². The molecule has 0 aromatic heterocycles. The average molecular weight is 356 g/mol. The molecule has 144 valence electrons. The van der Waals surface area contributed by atoms with Crippen molar-refractivity contribution in [3.8, 4) is 0 Å². The van der Waals surface area contributed by atoms with Crippen LogP contribution in [0.3, 0.4) is 0 Å². The van der Waals surface area contributed by atoms with Crippen LogP contribution in [-0.4, -0.2) is 48.8 Å². The van der Waals surface area contributed by atoms with Crippen molar-refractivity contribution in [2.45, 2.75) is 71.8 Å². The molecule has 0 saturated carbocycles. The van der Waals surface area contributed by atoms with Gasteiger partial charge in [-0.15, -0.1) is 0 Å². The summed E-state index contributed by atoms with van der Waals surface area (Å²) in [6.07, 6.45) is 4.67. The molecule has 8 nitrogen and oxygen atoms in total. The lowest BCUT2D eigenvalue weighted by molar-refractivity contribution is -0.143. The molecule has 0 aliphatic rings. The molecule has 0 rings (SSSR count). The highest BCUT2D eigenvalue weighted by atomic mass is 16.6. The molecule has 0 spiro atoms. The van der Waals surface area contributed by atoms with E-state index in [1.54, 1.807) is 11.8 Å². The molecule has 0 aliphatic carbocycles. The smallest absolute Gasteiger partial charge is 0.410 e. The van der Waals surface area contributed by atoms with E-state index < -0.39 is 5.60 Å². The van der Waals surface area contributed by atoms with Gasteiger partial charge in [0.15, 0.2) is 0 Å². The van der Waals surface area contributed by atoms with Crippen molar-refractivity contribution in [3.63, 3.8) is 0 Å². The van der Waals surface area contributed by atoms with Gasteiger partial charge in [0, 0.05) is 31.0 Å². The molecule has 0 bridgehead atoms. The minimum absolute atomic E-state index is 0.142. The molecule has 0 aromatic rings. The van der Waals surface area contributed by atoms with Gasteiger partial charge in [0.25, 0.3) is 0 Å². The number of hydrogen-bond acceptors (Lipinski definition) is 5. The van der Waals surface area contributed by atoms with Crippen molar-refractivity contribution in [3.05, 3.63) is 10.4 Å². The number of unbranched alkanes of at least 4 members (excludes halogenated alkanes) is 4. The van der Waals surface area contributed by atoms with Gasteiger partial charge >= 0.3 is 12.1 Å². The Bertz CT molecular complexity index is 442. The largest absolute Gasteiger partial charge is 0.466 e. The van der Waals surface area contributed by atoms with Crippen LogP contribution in [0.5, 0.6) is 0 Å². The van der Waals surface area contributed by atoms with E-state index in [0.29, 0.717) is 26.1 Å². The molecule has 1 amide bonds. The highest BCUT2D eigenvalue weighted by Gasteiger charge is 2.21. The van der Waals surface area contributed by atoms with Crippen molar-refractivity contribution in [2.24, 2.45) is 5.11 Å². The summed E-state index contributed by atoms with van der Waals surface area (Å²) in [6.45, 7) is 8.83. The van der Waals surface area contributed by atoms with Crippen LogP contribution in [0.15, 0.2) is 5.11 Å². The fourth-order valence-electron chi connectivity index (χ4n) is 2.17. The van der Waals surface area contributed by atoms with Gasteiger partial charge in [-0.25, -0.2) is 4.79 Å². The highest BCUT2D eigenvalue weighted by Crippen LogP contribution is 2.12. The molecular formula is C17H32N4O4. The number of rotatable bonds is 12. The molecule has 0 aliphatic heterocycles. The van der Waals surface area contributed by atoms with E-state index in [-0.39, 0.29) is 18.6 Å². The van der Waals surface area contributed by atoms with Gasteiger partial charge in [-0.1, -0.05) is 24.4 Å². The zero-order valence-corrected chi connectivity index (χ0v) is 16.0. The zero-order valence-electron chi connectivity index (χ0n) is 16.0. The molecule has 0 atom stereocenters. The molecule has 0 unspecified atom stereocenters. The highest BCUT2D eigenvalue weighted by molar-refractivity contribution is 5.69. The molecular weight excluding hydrogens is 324 g/mol. The molecule has 0 fully saturated rings. The fourth-order valence-corrected chi connectivity index (χ4v) is 2.17. The Morgan fingerprint density at radius 1 is 1.08 bits per heavy atom. The Morgan fingerprint density at radius 2 is 1.72 bits per heavy atom. The molecule has 0 N–H and O–H groups in total. The van der Waals surface area contributed by atoms with E-state index in [1.807, 2.05) is 20.8 Å². The fraction of sp³-hybridized carbons (Fsp3) is 0.882. The standard InChI is InChI=1S/C17H32N4O4/c1-5-24-15(22)11-9-7-6-8-10-13-21(14-12-19-20-18)16(23)25-17(2,3)4/h5-14H2,1-4H3. The average Bonchev–Trinajstić information content (AvgIpc) is 2.50. The normalized spacial score (nSPS) is 10.7. The maximum absolute atomic E-state index is 12.2. The van der Waals surface area contributed by atoms with Gasteiger partial charge < -0.3 is 14.4 Å². The first-order chi connectivity index (χ1) is 11.8. The minimum atomic E-state index is -0.555. The second kappa shape index (κ2) is 13.4. The summed E-state index contributed by atoms with van der Waals surface area (Å²) in [4.78, 5) is 27.7. The van der Waals surface area contributed by atoms with E-state index in [1.165, 1.54) is 0 Å². The Balaban J connectivity index is 4.06. The molecule has 0 aromatic carbocycles. The van der Waals surface area contributed by atoms with Gasteiger partial charge in [0.1, 0.15) is 5.60 Å². The van der Waals surface area contributed by atoms with Crippen LogP contribution in [0.2, 0.25) is 0 Å². The van der Waals surface area contributed by atoms with Crippen LogP contribution in [0.1, 0.15) is 66.2 Å². The predicted molar refractivity (Wildman–Crippen MR) is 96.2 cm³/mol. The number of hydrogen-bond donors (Lipinski definition) is 0. The number of ether oxygens (including phenoxy) is 2. The van der Waals surface area contributed by atoms with E-state index in [0.717, 1.165) is 32.1 Å². The number of carbonyl (C=O) groups is 2. The topological polar surface area (TPSA) is 105 Å². The molecule has 25 heavy (non-hydrogen) atoms. The van der Waals surface area contributed by atoms with Gasteiger partial charge in [-0.05, 0) is 46.1 Å². The van der Waals surface area contributed by atoms with E-state index in [4.69, 9.17) is 15.0 Å². The summed E-state index contributed by atoms with van der Waals surface area (Å²) < 4.78 is 10.3. The Morgan fingerprint density at radius 3 is 2.32 bits per heavy atom. The van der Waals surface area contributed by atoms with Crippen molar-refractivity contribution in [1.29, 1.82) is 0 Å². The summed E-state index contributed by atoms with van der Waals surface area (Å²) in [6, 6.07) is 0. The number of nitrogens with zero attached hydrogens (tertiary/aromatic N) is 4. The molecule has 8 heteroatoms. The first-order valence-electron chi connectivity index (χ1n) is 8.94. The first kappa shape index (κ1) is 23.1. The Hall–Kier alpha value is -1.95. The van der Waals surface area contributed by atoms with Crippen molar-refractivity contribution in [2.75, 3.05) is 26.2 Å². The summed E-state index contributed by atoms with van der Waals surface area (Å²) in [7, 11) is 0. The summed E-state index contributed by atoms with van der Waals surface area (Å²) >= 11 is 0. The van der Waals surface area contributed by atoms with E-state index in [2.05, 4.69) is 10.0 Å². The molecule has 0 radical (unpaired) electrons. The SMILES string of the molecule is CCOC(=O)CCCCCCCN(CCN=[N+]=[N-])C(=O)OC(C)(C)C. The van der Waals surface area contributed by atoms with Crippen LogP contribution in [0.4, 0.5) is 4.79 Å². The lowest BCUT2D eigenvalue weighted by atomic mass is 10.1. The first-order valence-corrected chi connectivity index (χ1v) is 8.94.